The van der Waals surface area contributed by atoms with Gasteiger partial charge in [-0.1, -0.05) is 13.3 Å². The van der Waals surface area contributed by atoms with Crippen molar-refractivity contribution in [2.24, 2.45) is 5.92 Å². The number of carbonyl (C=O) groups excluding carboxylic acids is 2. The van der Waals surface area contributed by atoms with E-state index >= 15 is 0 Å². The molecule has 1 aliphatic rings. The summed E-state index contributed by atoms with van der Waals surface area (Å²) in [5.41, 5.74) is 3.88. The Kier molecular flexibility index (Phi) is 7.71. The van der Waals surface area contributed by atoms with E-state index in [1.54, 1.807) is 0 Å². The van der Waals surface area contributed by atoms with Crippen molar-refractivity contribution in [3.05, 3.63) is 56.2 Å². The highest BCUT2D eigenvalue weighted by Gasteiger charge is 2.33. The number of nitrogen functional groups attached to an aromatic ring is 1. The van der Waals surface area contributed by atoms with E-state index in [0.717, 1.165) is 35.6 Å². The van der Waals surface area contributed by atoms with Gasteiger partial charge in [0.1, 0.15) is 5.82 Å². The first-order chi connectivity index (χ1) is 16.5. The molecule has 2 aromatic rings. The van der Waals surface area contributed by atoms with Crippen molar-refractivity contribution in [1.82, 2.24) is 14.5 Å². The first-order valence-electron chi connectivity index (χ1n) is 11.3. The molecule has 0 spiro atoms. The van der Waals surface area contributed by atoms with Crippen molar-refractivity contribution in [3.63, 3.8) is 0 Å². The number of rotatable bonds is 6. The second-order valence-electron chi connectivity index (χ2n) is 8.54. The highest BCUT2D eigenvalue weighted by molar-refractivity contribution is 5.97. The molecule has 2 amide bonds. The highest BCUT2D eigenvalue weighted by atomic mass is 19.4. The number of H-pyrrole nitrogens is 1. The van der Waals surface area contributed by atoms with Crippen molar-refractivity contribution >= 4 is 23.3 Å². The van der Waals surface area contributed by atoms with Crippen molar-refractivity contribution < 1.29 is 22.8 Å². The van der Waals surface area contributed by atoms with Gasteiger partial charge in [0.15, 0.2) is 5.69 Å². The monoisotopic (exact) mass is 495 g/mol. The number of carbonyl (C=O) groups is 2. The number of aromatic amines is 1. The molecule has 0 saturated carbocycles. The maximum atomic E-state index is 13.1. The number of nitrogens with zero attached hydrogens (tertiary/aromatic N) is 3. The van der Waals surface area contributed by atoms with E-state index in [1.165, 1.54) is 16.5 Å². The number of nitrogens with one attached hydrogen (secondary N) is 1. The lowest BCUT2D eigenvalue weighted by atomic mass is 9.94. The van der Waals surface area contributed by atoms with Crippen LogP contribution in [0.2, 0.25) is 0 Å². The van der Waals surface area contributed by atoms with Crippen LogP contribution < -0.4 is 21.9 Å². The van der Waals surface area contributed by atoms with Crippen LogP contribution in [0.15, 0.2) is 33.9 Å². The molecule has 2 heterocycles. The second kappa shape index (κ2) is 10.4. The largest absolute Gasteiger partial charge is 0.416 e. The Labute approximate surface area is 199 Å². The van der Waals surface area contributed by atoms with Crippen molar-refractivity contribution in [1.29, 1.82) is 0 Å². The molecule has 0 radical (unpaired) electrons. The maximum absolute atomic E-state index is 13.1. The molecule has 0 bridgehead atoms. The standard InChI is InChI=1S/C23H28F3N5O4/c1-3-4-11-31-18(27)17(19(32)28-22(31)35)29(2)20(33)15-9-12-30(13-10-15)21(34)14-5-7-16(8-6-14)23(24,25)26/h5-8,15H,3-4,9-13,27H2,1-2H3,(H,28,32,35). The van der Waals surface area contributed by atoms with E-state index in [4.69, 9.17) is 5.73 Å². The summed E-state index contributed by atoms with van der Waals surface area (Å²) in [4.78, 5) is 55.2. The predicted octanol–water partition coefficient (Wildman–Crippen LogP) is 2.45. The van der Waals surface area contributed by atoms with Crippen LogP contribution in [0.25, 0.3) is 0 Å². The van der Waals surface area contributed by atoms with Crippen LogP contribution in [0.5, 0.6) is 0 Å². The van der Waals surface area contributed by atoms with Crippen molar-refractivity contribution in [2.75, 3.05) is 30.8 Å². The van der Waals surface area contributed by atoms with Crippen LogP contribution in [0.1, 0.15) is 48.5 Å². The molecular weight excluding hydrogens is 467 g/mol. The van der Waals surface area contributed by atoms with Gasteiger partial charge in [-0.05, 0) is 43.5 Å². The fourth-order valence-corrected chi connectivity index (χ4v) is 4.14. The summed E-state index contributed by atoms with van der Waals surface area (Å²) in [6, 6.07) is 4.00. The molecule has 1 fully saturated rings. The summed E-state index contributed by atoms with van der Waals surface area (Å²) < 4.78 is 39.5. The van der Waals surface area contributed by atoms with Gasteiger partial charge in [-0.2, -0.15) is 13.2 Å². The molecule has 9 nitrogen and oxygen atoms in total. The van der Waals surface area contributed by atoms with Crippen LogP contribution in [-0.4, -0.2) is 46.4 Å². The number of hydrogen-bond donors (Lipinski definition) is 2. The molecule has 0 atom stereocenters. The van der Waals surface area contributed by atoms with E-state index in [2.05, 4.69) is 4.98 Å². The highest BCUT2D eigenvalue weighted by Crippen LogP contribution is 2.30. The number of amides is 2. The van der Waals surface area contributed by atoms with Gasteiger partial charge in [-0.25, -0.2) is 4.79 Å². The van der Waals surface area contributed by atoms with E-state index < -0.39 is 34.8 Å². The fourth-order valence-electron chi connectivity index (χ4n) is 4.14. The second-order valence-corrected chi connectivity index (χ2v) is 8.54. The van der Waals surface area contributed by atoms with Crippen LogP contribution in [0, 0.1) is 5.92 Å². The topological polar surface area (TPSA) is 121 Å². The van der Waals surface area contributed by atoms with E-state index in [1.807, 2.05) is 6.92 Å². The normalized spacial score (nSPS) is 14.7. The fraction of sp³-hybridized carbons (Fsp3) is 0.478. The Morgan fingerprint density at radius 3 is 2.29 bits per heavy atom. The van der Waals surface area contributed by atoms with Gasteiger partial charge in [-0.15, -0.1) is 0 Å². The lowest BCUT2D eigenvalue weighted by Crippen LogP contribution is -2.45. The SMILES string of the molecule is CCCCn1c(N)c(N(C)C(=O)C2CCN(C(=O)c3ccc(C(F)(F)F)cc3)CC2)c(=O)[nH]c1=O. The molecule has 0 aliphatic carbocycles. The van der Waals surface area contributed by atoms with Crippen LogP contribution in [-0.2, 0) is 17.5 Å². The summed E-state index contributed by atoms with van der Waals surface area (Å²) in [6.07, 6.45) is -2.40. The molecule has 3 rings (SSSR count). The maximum Gasteiger partial charge on any atom is 0.416 e. The molecule has 1 aliphatic heterocycles. The minimum absolute atomic E-state index is 0.0852. The number of likely N-dealkylation sites (tertiary alicyclic amines) is 1. The molecule has 0 unspecified atom stereocenters. The van der Waals surface area contributed by atoms with Gasteiger partial charge in [0.2, 0.25) is 5.91 Å². The van der Waals surface area contributed by atoms with E-state index in [-0.39, 0.29) is 36.1 Å². The molecule has 1 saturated heterocycles. The number of unbranched alkanes of at least 4 members (excludes halogenated alkanes) is 1. The summed E-state index contributed by atoms with van der Waals surface area (Å²) in [7, 11) is 1.41. The zero-order valence-corrected chi connectivity index (χ0v) is 19.5. The summed E-state index contributed by atoms with van der Waals surface area (Å²) >= 11 is 0. The number of piperidine rings is 1. The number of hydrogen-bond acceptors (Lipinski definition) is 5. The number of benzene rings is 1. The average Bonchev–Trinajstić information content (AvgIpc) is 2.82. The zero-order chi connectivity index (χ0) is 25.9. The summed E-state index contributed by atoms with van der Waals surface area (Å²) in [5, 5.41) is 0. The third-order valence-electron chi connectivity index (χ3n) is 6.21. The first kappa shape index (κ1) is 26.0. The Hall–Kier alpha value is -3.57. The predicted molar refractivity (Wildman–Crippen MR) is 124 cm³/mol. The third kappa shape index (κ3) is 5.57. The Morgan fingerprint density at radius 1 is 1.14 bits per heavy atom. The average molecular weight is 496 g/mol. The Morgan fingerprint density at radius 2 is 1.74 bits per heavy atom. The minimum Gasteiger partial charge on any atom is -0.383 e. The van der Waals surface area contributed by atoms with Crippen molar-refractivity contribution in [2.45, 2.75) is 45.3 Å². The smallest absolute Gasteiger partial charge is 0.383 e. The lowest BCUT2D eigenvalue weighted by molar-refractivity contribution is -0.137. The quantitative estimate of drug-likeness (QED) is 0.638. The number of aromatic nitrogens is 2. The van der Waals surface area contributed by atoms with Gasteiger partial charge >= 0.3 is 11.9 Å². The van der Waals surface area contributed by atoms with Crippen molar-refractivity contribution in [3.8, 4) is 0 Å². The molecule has 1 aromatic carbocycles. The molecule has 190 valence electrons. The summed E-state index contributed by atoms with van der Waals surface area (Å²) in [5.74, 6) is -1.37. The van der Waals surface area contributed by atoms with Gasteiger partial charge in [-0.3, -0.25) is 23.9 Å². The summed E-state index contributed by atoms with van der Waals surface area (Å²) in [6.45, 7) is 2.70. The molecule has 12 heteroatoms. The van der Waals surface area contributed by atoms with Gasteiger partial charge in [0.05, 0.1) is 5.56 Å². The third-order valence-corrected chi connectivity index (χ3v) is 6.21. The Bertz CT molecular complexity index is 1200. The number of alkyl halides is 3. The van der Waals surface area contributed by atoms with Crippen LogP contribution >= 0.6 is 0 Å². The zero-order valence-electron chi connectivity index (χ0n) is 19.5. The molecule has 1 aromatic heterocycles. The van der Waals surface area contributed by atoms with Gasteiger partial charge in [0.25, 0.3) is 11.5 Å². The number of halogens is 3. The molecular formula is C23H28F3N5O4. The minimum atomic E-state index is -4.49. The van der Waals surface area contributed by atoms with E-state index in [0.29, 0.717) is 25.8 Å². The molecule has 3 N–H and O–H groups in total. The number of nitrogens with two attached hydrogens (primary N) is 1. The Balaban J connectivity index is 1.69. The van der Waals surface area contributed by atoms with Gasteiger partial charge < -0.3 is 15.5 Å². The number of anilines is 2. The van der Waals surface area contributed by atoms with Crippen LogP contribution in [0.3, 0.4) is 0 Å². The molecule has 35 heavy (non-hydrogen) atoms. The van der Waals surface area contributed by atoms with E-state index in [9.17, 15) is 32.3 Å². The lowest BCUT2D eigenvalue weighted by Gasteiger charge is -2.33. The van der Waals surface area contributed by atoms with Gasteiger partial charge in [0, 0.05) is 38.2 Å². The van der Waals surface area contributed by atoms with Crippen LogP contribution in [0.4, 0.5) is 24.7 Å². The first-order valence-corrected chi connectivity index (χ1v) is 11.3.